The number of aliphatic hydroxyl groups is 1. The van der Waals surface area contributed by atoms with E-state index in [1.807, 2.05) is 32.9 Å². The zero-order chi connectivity index (χ0) is 15.0. The largest absolute Gasteiger partial charge is 0.496 e. The molecule has 2 rings (SSSR count). The first-order valence-electron chi connectivity index (χ1n) is 6.39. The van der Waals surface area contributed by atoms with E-state index in [-0.39, 0.29) is 0 Å². The monoisotopic (exact) mass is 294 g/mol. The van der Waals surface area contributed by atoms with Crippen molar-refractivity contribution in [3.05, 3.63) is 45.2 Å². The summed E-state index contributed by atoms with van der Waals surface area (Å²) >= 11 is 6.23. The molecule has 1 N–H and O–H groups in total. The van der Waals surface area contributed by atoms with Crippen molar-refractivity contribution in [2.75, 3.05) is 7.11 Å². The molecule has 1 aromatic heterocycles. The number of aryl methyl sites for hydroxylation is 3. The van der Waals surface area contributed by atoms with E-state index >= 15 is 0 Å². The van der Waals surface area contributed by atoms with Gasteiger partial charge in [0.2, 0.25) is 0 Å². The Morgan fingerprint density at radius 2 is 1.95 bits per heavy atom. The number of ether oxygens (including phenoxy) is 1. The molecule has 0 radical (unpaired) electrons. The second-order valence-corrected chi connectivity index (χ2v) is 5.30. The van der Waals surface area contributed by atoms with Crippen LogP contribution in [0.4, 0.5) is 0 Å². The van der Waals surface area contributed by atoms with Gasteiger partial charge in [0.15, 0.2) is 0 Å². The quantitative estimate of drug-likeness (QED) is 0.946. The Hall–Kier alpha value is -1.52. The predicted molar refractivity (Wildman–Crippen MR) is 79.5 cm³/mol. The van der Waals surface area contributed by atoms with Crippen LogP contribution in [0.5, 0.6) is 5.75 Å². The summed E-state index contributed by atoms with van der Waals surface area (Å²) in [6, 6.07) is 3.84. The topological polar surface area (TPSA) is 47.3 Å². The highest BCUT2D eigenvalue weighted by Gasteiger charge is 2.24. The molecule has 0 aliphatic rings. The molecule has 0 amide bonds. The maximum absolute atomic E-state index is 10.7. The van der Waals surface area contributed by atoms with Crippen LogP contribution in [-0.4, -0.2) is 22.0 Å². The molecule has 1 atom stereocenters. The van der Waals surface area contributed by atoms with Gasteiger partial charge in [-0.25, -0.2) is 0 Å². The van der Waals surface area contributed by atoms with Gasteiger partial charge < -0.3 is 9.84 Å². The molecule has 0 aliphatic heterocycles. The number of aliphatic hydroxyl groups excluding tert-OH is 1. The first-order valence-corrected chi connectivity index (χ1v) is 6.77. The van der Waals surface area contributed by atoms with Gasteiger partial charge >= 0.3 is 0 Å². The van der Waals surface area contributed by atoms with Gasteiger partial charge in [-0.2, -0.15) is 5.10 Å². The maximum atomic E-state index is 10.7. The summed E-state index contributed by atoms with van der Waals surface area (Å²) < 4.78 is 7.01. The van der Waals surface area contributed by atoms with Crippen LogP contribution in [0.2, 0.25) is 5.15 Å². The van der Waals surface area contributed by atoms with Gasteiger partial charge in [0.1, 0.15) is 17.0 Å². The van der Waals surface area contributed by atoms with Crippen LogP contribution < -0.4 is 4.74 Å². The fourth-order valence-electron chi connectivity index (χ4n) is 2.41. The number of benzene rings is 1. The summed E-state index contributed by atoms with van der Waals surface area (Å²) in [5.41, 5.74) is 4.17. The number of hydrogen-bond acceptors (Lipinski definition) is 3. The third-order valence-corrected chi connectivity index (χ3v) is 4.12. The third-order valence-electron chi connectivity index (χ3n) is 3.68. The van der Waals surface area contributed by atoms with E-state index in [0.29, 0.717) is 27.7 Å². The Morgan fingerprint density at radius 3 is 2.45 bits per heavy atom. The molecule has 108 valence electrons. The van der Waals surface area contributed by atoms with Crippen molar-refractivity contribution in [2.45, 2.75) is 26.9 Å². The highest BCUT2D eigenvalue weighted by Crippen LogP contribution is 2.37. The highest BCUT2D eigenvalue weighted by atomic mass is 35.5. The SMILES string of the molecule is COc1c(C(O)c2c(C)nn(C)c2Cl)ccc(C)c1C. The van der Waals surface area contributed by atoms with E-state index < -0.39 is 6.10 Å². The summed E-state index contributed by atoms with van der Waals surface area (Å²) in [7, 11) is 3.36. The average molecular weight is 295 g/mol. The Kier molecular flexibility index (Phi) is 4.06. The molecule has 0 aliphatic carbocycles. The molecule has 0 fully saturated rings. The number of halogens is 1. The summed E-state index contributed by atoms with van der Waals surface area (Å²) in [6.45, 7) is 5.82. The number of aromatic nitrogens is 2. The molecular weight excluding hydrogens is 276 g/mol. The summed E-state index contributed by atoms with van der Waals surface area (Å²) in [4.78, 5) is 0. The second-order valence-electron chi connectivity index (χ2n) is 4.95. The van der Waals surface area contributed by atoms with Gasteiger partial charge in [0.05, 0.1) is 12.8 Å². The molecule has 2 aromatic rings. The van der Waals surface area contributed by atoms with E-state index in [0.717, 1.165) is 11.1 Å². The Bertz CT molecular complexity index is 650. The molecule has 1 heterocycles. The summed E-state index contributed by atoms with van der Waals surface area (Å²) in [5, 5.41) is 15.4. The van der Waals surface area contributed by atoms with E-state index in [1.165, 1.54) is 0 Å². The number of nitrogens with zero attached hydrogens (tertiary/aromatic N) is 2. The van der Waals surface area contributed by atoms with Gasteiger partial charge in [-0.1, -0.05) is 23.7 Å². The molecule has 4 nitrogen and oxygen atoms in total. The molecule has 20 heavy (non-hydrogen) atoms. The van der Waals surface area contributed by atoms with Crippen LogP contribution >= 0.6 is 11.6 Å². The Balaban J connectivity index is 2.59. The summed E-state index contributed by atoms with van der Waals surface area (Å²) in [6.07, 6.45) is -0.856. The molecule has 1 unspecified atom stereocenters. The minimum Gasteiger partial charge on any atom is -0.496 e. The van der Waals surface area contributed by atoms with Crippen LogP contribution in [0.25, 0.3) is 0 Å². The lowest BCUT2D eigenvalue weighted by molar-refractivity contribution is 0.214. The molecule has 0 spiro atoms. The van der Waals surface area contributed by atoms with E-state index in [9.17, 15) is 5.11 Å². The highest BCUT2D eigenvalue weighted by molar-refractivity contribution is 6.30. The molecule has 0 saturated carbocycles. The van der Waals surface area contributed by atoms with Crippen LogP contribution in [-0.2, 0) is 7.05 Å². The van der Waals surface area contributed by atoms with Crippen molar-refractivity contribution in [3.8, 4) is 5.75 Å². The number of methoxy groups -OCH3 is 1. The number of rotatable bonds is 3. The van der Waals surface area contributed by atoms with Gasteiger partial charge in [0.25, 0.3) is 0 Å². The van der Waals surface area contributed by atoms with E-state index in [2.05, 4.69) is 5.10 Å². The molecular formula is C15H19ClN2O2. The normalized spacial score (nSPS) is 12.6. The minimum atomic E-state index is -0.856. The van der Waals surface area contributed by atoms with Crippen molar-refractivity contribution < 1.29 is 9.84 Å². The third kappa shape index (κ3) is 2.30. The number of hydrogen-bond donors (Lipinski definition) is 1. The molecule has 5 heteroatoms. The van der Waals surface area contributed by atoms with E-state index in [1.54, 1.807) is 18.8 Å². The molecule has 0 bridgehead atoms. The smallest absolute Gasteiger partial charge is 0.133 e. The second kappa shape index (κ2) is 5.46. The lowest BCUT2D eigenvalue weighted by Gasteiger charge is -2.18. The zero-order valence-corrected chi connectivity index (χ0v) is 13.1. The van der Waals surface area contributed by atoms with Gasteiger partial charge in [-0.3, -0.25) is 4.68 Å². The maximum Gasteiger partial charge on any atom is 0.133 e. The lowest BCUT2D eigenvalue weighted by Crippen LogP contribution is -2.05. The Morgan fingerprint density at radius 1 is 1.30 bits per heavy atom. The first-order chi connectivity index (χ1) is 9.38. The fraction of sp³-hybridized carbons (Fsp3) is 0.400. The van der Waals surface area contributed by atoms with Crippen molar-refractivity contribution >= 4 is 11.6 Å². The fourth-order valence-corrected chi connectivity index (χ4v) is 2.69. The predicted octanol–water partition coefficient (Wildman–Crippen LogP) is 3.09. The van der Waals surface area contributed by atoms with Crippen molar-refractivity contribution in [1.82, 2.24) is 9.78 Å². The van der Waals surface area contributed by atoms with Crippen molar-refractivity contribution in [2.24, 2.45) is 7.05 Å². The van der Waals surface area contributed by atoms with Gasteiger partial charge in [0, 0.05) is 18.2 Å². The summed E-state index contributed by atoms with van der Waals surface area (Å²) in [5.74, 6) is 0.691. The first kappa shape index (κ1) is 14.9. The van der Waals surface area contributed by atoms with E-state index in [4.69, 9.17) is 16.3 Å². The average Bonchev–Trinajstić information content (AvgIpc) is 2.65. The van der Waals surface area contributed by atoms with Crippen LogP contribution in [0.15, 0.2) is 12.1 Å². The Labute approximate surface area is 123 Å². The minimum absolute atomic E-state index is 0.440. The van der Waals surface area contributed by atoms with Gasteiger partial charge in [-0.05, 0) is 31.9 Å². The van der Waals surface area contributed by atoms with Crippen LogP contribution in [0, 0.1) is 20.8 Å². The van der Waals surface area contributed by atoms with Crippen molar-refractivity contribution in [3.63, 3.8) is 0 Å². The van der Waals surface area contributed by atoms with Crippen LogP contribution in [0.1, 0.15) is 34.1 Å². The van der Waals surface area contributed by atoms with Crippen LogP contribution in [0.3, 0.4) is 0 Å². The lowest BCUT2D eigenvalue weighted by atomic mass is 9.96. The molecule has 0 saturated heterocycles. The molecule has 1 aromatic carbocycles. The van der Waals surface area contributed by atoms with Gasteiger partial charge in [-0.15, -0.1) is 0 Å². The van der Waals surface area contributed by atoms with Crippen molar-refractivity contribution in [1.29, 1.82) is 0 Å². The zero-order valence-electron chi connectivity index (χ0n) is 12.4. The standard InChI is InChI=1S/C15H19ClN2O2/c1-8-6-7-11(14(20-5)9(8)2)13(19)12-10(3)17-18(4)15(12)16/h6-7,13,19H,1-5H3.